The van der Waals surface area contributed by atoms with Gasteiger partial charge in [-0.25, -0.2) is 4.79 Å². The summed E-state index contributed by atoms with van der Waals surface area (Å²) in [5, 5.41) is 2.91. The Hall–Kier alpha value is -3.02. The van der Waals surface area contributed by atoms with Gasteiger partial charge in [-0.1, -0.05) is 18.2 Å². The van der Waals surface area contributed by atoms with Crippen LogP contribution in [0.3, 0.4) is 0 Å². The van der Waals surface area contributed by atoms with Crippen LogP contribution in [0, 0.1) is 0 Å². The van der Waals surface area contributed by atoms with E-state index in [1.165, 1.54) is 6.92 Å². The van der Waals surface area contributed by atoms with E-state index in [-0.39, 0.29) is 18.0 Å². The number of carbonyl (C=O) groups is 2. The van der Waals surface area contributed by atoms with Crippen molar-refractivity contribution in [2.75, 3.05) is 30.4 Å². The quantitative estimate of drug-likeness (QED) is 0.895. The summed E-state index contributed by atoms with van der Waals surface area (Å²) < 4.78 is 5.97. The van der Waals surface area contributed by atoms with Crippen molar-refractivity contribution >= 4 is 23.3 Å². The Labute approximate surface area is 159 Å². The highest BCUT2D eigenvalue weighted by atomic mass is 16.5. The first kappa shape index (κ1) is 18.8. The Bertz CT molecular complexity index is 769. The molecule has 3 amide bonds. The lowest BCUT2D eigenvalue weighted by molar-refractivity contribution is -0.116. The standard InChI is InChI=1S/C21H25N3O3/c1-16(25)23(2)18-10-8-17(9-11-18)22-21(26)24-14-12-20(13-15-24)27-19-6-4-3-5-7-19/h3-11,20H,12-15H2,1-2H3,(H,22,26). The molecule has 0 bridgehead atoms. The number of hydrogen-bond acceptors (Lipinski definition) is 3. The molecule has 0 spiro atoms. The number of carbonyl (C=O) groups excluding carboxylic acids is 2. The number of nitrogens with zero attached hydrogens (tertiary/aromatic N) is 2. The van der Waals surface area contributed by atoms with Gasteiger partial charge in [-0.05, 0) is 36.4 Å². The minimum Gasteiger partial charge on any atom is -0.490 e. The number of urea groups is 1. The maximum atomic E-state index is 12.5. The highest BCUT2D eigenvalue weighted by Gasteiger charge is 2.24. The van der Waals surface area contributed by atoms with Crippen LogP contribution in [0.25, 0.3) is 0 Å². The van der Waals surface area contributed by atoms with E-state index >= 15 is 0 Å². The van der Waals surface area contributed by atoms with E-state index < -0.39 is 0 Å². The molecule has 0 radical (unpaired) electrons. The molecule has 1 saturated heterocycles. The van der Waals surface area contributed by atoms with E-state index in [2.05, 4.69) is 5.32 Å². The zero-order chi connectivity index (χ0) is 19.2. The normalized spacial score (nSPS) is 14.5. The Morgan fingerprint density at radius 3 is 2.26 bits per heavy atom. The molecule has 0 saturated carbocycles. The van der Waals surface area contributed by atoms with Gasteiger partial charge in [0.25, 0.3) is 0 Å². The van der Waals surface area contributed by atoms with E-state index in [9.17, 15) is 9.59 Å². The van der Waals surface area contributed by atoms with Crippen LogP contribution < -0.4 is 15.0 Å². The molecule has 1 aliphatic heterocycles. The van der Waals surface area contributed by atoms with Crippen LogP contribution in [-0.2, 0) is 4.79 Å². The van der Waals surface area contributed by atoms with Crippen molar-refractivity contribution in [3.8, 4) is 5.75 Å². The molecule has 1 aliphatic rings. The van der Waals surface area contributed by atoms with Crippen LogP contribution in [-0.4, -0.2) is 43.1 Å². The van der Waals surface area contributed by atoms with Gasteiger partial charge >= 0.3 is 6.03 Å². The summed E-state index contributed by atoms with van der Waals surface area (Å²) in [6.07, 6.45) is 1.76. The Balaban J connectivity index is 1.49. The van der Waals surface area contributed by atoms with Crippen molar-refractivity contribution in [2.45, 2.75) is 25.9 Å². The van der Waals surface area contributed by atoms with E-state index in [0.29, 0.717) is 18.8 Å². The number of benzene rings is 2. The number of amides is 3. The van der Waals surface area contributed by atoms with Gasteiger partial charge in [-0.2, -0.15) is 0 Å². The second-order valence-corrected chi connectivity index (χ2v) is 6.67. The second kappa shape index (κ2) is 8.58. The van der Waals surface area contributed by atoms with Crippen LogP contribution >= 0.6 is 0 Å². The molecule has 0 atom stereocenters. The number of ether oxygens (including phenoxy) is 1. The summed E-state index contributed by atoms with van der Waals surface area (Å²) in [7, 11) is 1.72. The predicted octanol–water partition coefficient (Wildman–Crippen LogP) is 3.74. The average Bonchev–Trinajstić information content (AvgIpc) is 2.69. The van der Waals surface area contributed by atoms with Gasteiger partial charge in [0.2, 0.25) is 5.91 Å². The van der Waals surface area contributed by atoms with Gasteiger partial charge in [0, 0.05) is 51.3 Å². The molecule has 2 aromatic carbocycles. The maximum absolute atomic E-state index is 12.5. The van der Waals surface area contributed by atoms with E-state index in [0.717, 1.165) is 24.3 Å². The van der Waals surface area contributed by atoms with Crippen molar-refractivity contribution < 1.29 is 14.3 Å². The zero-order valence-electron chi connectivity index (χ0n) is 15.7. The highest BCUT2D eigenvalue weighted by molar-refractivity contribution is 5.92. The number of rotatable bonds is 4. The molecule has 3 rings (SSSR count). The Morgan fingerprint density at radius 2 is 1.67 bits per heavy atom. The number of likely N-dealkylation sites (tertiary alicyclic amines) is 1. The van der Waals surface area contributed by atoms with Crippen LogP contribution in [0.15, 0.2) is 54.6 Å². The lowest BCUT2D eigenvalue weighted by Crippen LogP contribution is -2.43. The third kappa shape index (κ3) is 5.00. The monoisotopic (exact) mass is 367 g/mol. The summed E-state index contributed by atoms with van der Waals surface area (Å²) in [5.41, 5.74) is 1.50. The fourth-order valence-electron chi connectivity index (χ4n) is 3.02. The molecule has 0 aromatic heterocycles. The number of piperidine rings is 1. The molecular formula is C21H25N3O3. The van der Waals surface area contributed by atoms with Gasteiger partial charge in [-0.3, -0.25) is 4.79 Å². The van der Waals surface area contributed by atoms with Crippen molar-refractivity contribution in [2.24, 2.45) is 0 Å². The largest absolute Gasteiger partial charge is 0.490 e. The number of nitrogens with one attached hydrogen (secondary N) is 1. The van der Waals surface area contributed by atoms with Gasteiger partial charge in [0.1, 0.15) is 11.9 Å². The lowest BCUT2D eigenvalue weighted by Gasteiger charge is -2.32. The van der Waals surface area contributed by atoms with E-state index in [1.807, 2.05) is 42.5 Å². The molecule has 1 N–H and O–H groups in total. The zero-order valence-corrected chi connectivity index (χ0v) is 15.7. The van der Waals surface area contributed by atoms with Gasteiger partial charge in [-0.15, -0.1) is 0 Å². The third-order valence-corrected chi connectivity index (χ3v) is 4.75. The molecular weight excluding hydrogens is 342 g/mol. The first-order valence-electron chi connectivity index (χ1n) is 9.15. The summed E-state index contributed by atoms with van der Waals surface area (Å²) >= 11 is 0. The number of anilines is 2. The molecule has 1 heterocycles. The number of hydrogen-bond donors (Lipinski definition) is 1. The van der Waals surface area contributed by atoms with Crippen molar-refractivity contribution in [3.05, 3.63) is 54.6 Å². The van der Waals surface area contributed by atoms with Crippen LogP contribution in [0.1, 0.15) is 19.8 Å². The fraction of sp³-hybridized carbons (Fsp3) is 0.333. The second-order valence-electron chi connectivity index (χ2n) is 6.67. The smallest absolute Gasteiger partial charge is 0.321 e. The first-order chi connectivity index (χ1) is 13.0. The third-order valence-electron chi connectivity index (χ3n) is 4.75. The predicted molar refractivity (Wildman–Crippen MR) is 106 cm³/mol. The average molecular weight is 367 g/mol. The molecule has 0 aliphatic carbocycles. The summed E-state index contributed by atoms with van der Waals surface area (Å²) in [6, 6.07) is 16.9. The minimum atomic E-state index is -0.110. The molecule has 142 valence electrons. The van der Waals surface area contributed by atoms with Crippen molar-refractivity contribution in [3.63, 3.8) is 0 Å². The fourth-order valence-corrected chi connectivity index (χ4v) is 3.02. The lowest BCUT2D eigenvalue weighted by atomic mass is 10.1. The van der Waals surface area contributed by atoms with E-state index in [1.54, 1.807) is 29.0 Å². The molecule has 1 fully saturated rings. The summed E-state index contributed by atoms with van der Waals surface area (Å²) in [4.78, 5) is 27.2. The molecule has 6 heteroatoms. The van der Waals surface area contributed by atoms with Crippen LogP contribution in [0.5, 0.6) is 5.75 Å². The van der Waals surface area contributed by atoms with Gasteiger partial charge in [0.05, 0.1) is 0 Å². The Morgan fingerprint density at radius 1 is 1.04 bits per heavy atom. The summed E-state index contributed by atoms with van der Waals surface area (Å²) in [6.45, 7) is 2.84. The van der Waals surface area contributed by atoms with Crippen LogP contribution in [0.2, 0.25) is 0 Å². The molecule has 2 aromatic rings. The van der Waals surface area contributed by atoms with Crippen LogP contribution in [0.4, 0.5) is 16.2 Å². The Kier molecular flexibility index (Phi) is 5.96. The van der Waals surface area contributed by atoms with E-state index in [4.69, 9.17) is 4.74 Å². The molecule has 27 heavy (non-hydrogen) atoms. The topological polar surface area (TPSA) is 61.9 Å². The number of para-hydroxylation sites is 1. The van der Waals surface area contributed by atoms with Crippen molar-refractivity contribution in [1.82, 2.24) is 4.90 Å². The SMILES string of the molecule is CC(=O)N(C)c1ccc(NC(=O)N2CCC(Oc3ccccc3)CC2)cc1. The van der Waals surface area contributed by atoms with Gasteiger partial charge < -0.3 is 19.9 Å². The molecule has 0 unspecified atom stereocenters. The maximum Gasteiger partial charge on any atom is 0.321 e. The first-order valence-corrected chi connectivity index (χ1v) is 9.15. The van der Waals surface area contributed by atoms with Crippen molar-refractivity contribution in [1.29, 1.82) is 0 Å². The highest BCUT2D eigenvalue weighted by Crippen LogP contribution is 2.20. The minimum absolute atomic E-state index is 0.0348. The molecule has 6 nitrogen and oxygen atoms in total. The summed E-state index contributed by atoms with van der Waals surface area (Å²) in [5.74, 6) is 0.836. The van der Waals surface area contributed by atoms with Gasteiger partial charge in [0.15, 0.2) is 0 Å².